The van der Waals surface area contributed by atoms with E-state index in [4.69, 9.17) is 4.74 Å². The van der Waals surface area contributed by atoms with Gasteiger partial charge in [0.1, 0.15) is 5.69 Å². The Morgan fingerprint density at radius 2 is 1.75 bits per heavy atom. The van der Waals surface area contributed by atoms with Crippen LogP contribution < -0.4 is 5.32 Å². The van der Waals surface area contributed by atoms with Crippen molar-refractivity contribution in [1.29, 1.82) is 0 Å². The van der Waals surface area contributed by atoms with E-state index in [0.29, 0.717) is 22.5 Å². The number of carbonyl (C=O) groups is 3. The standard InChI is InChI=1S/C25H25N3O4/c1-5-28-20-9-7-6-8-18(20)19-12-17(10-11-21(19)28)27-22(30)13-32-25(31)24-14(2)23(16(4)29)15(3)26-24/h6-12,26H,5,13H2,1-4H3,(H,27,30). The Morgan fingerprint density at radius 3 is 2.44 bits per heavy atom. The van der Waals surface area contributed by atoms with E-state index < -0.39 is 18.5 Å². The molecule has 0 saturated carbocycles. The van der Waals surface area contributed by atoms with Crippen molar-refractivity contribution in [2.75, 3.05) is 11.9 Å². The lowest BCUT2D eigenvalue weighted by Gasteiger charge is -2.08. The number of aromatic nitrogens is 2. The van der Waals surface area contributed by atoms with Crippen LogP contribution in [0.3, 0.4) is 0 Å². The van der Waals surface area contributed by atoms with Crippen LogP contribution in [0.2, 0.25) is 0 Å². The third kappa shape index (κ3) is 3.66. The number of benzene rings is 2. The number of ether oxygens (including phenoxy) is 1. The number of nitrogens with zero attached hydrogens (tertiary/aromatic N) is 1. The minimum absolute atomic E-state index is 0.132. The first-order chi connectivity index (χ1) is 15.3. The molecule has 32 heavy (non-hydrogen) atoms. The first kappa shape index (κ1) is 21.4. The predicted octanol–water partition coefficient (Wildman–Crippen LogP) is 4.76. The average molecular weight is 431 g/mol. The Bertz CT molecular complexity index is 1380. The number of H-pyrrole nitrogens is 1. The Balaban J connectivity index is 1.49. The van der Waals surface area contributed by atoms with Crippen LogP contribution in [-0.4, -0.2) is 33.8 Å². The number of ketones is 1. The summed E-state index contributed by atoms with van der Waals surface area (Å²) in [5, 5.41) is 4.96. The SMILES string of the molecule is CCn1c2ccccc2c2cc(NC(=O)COC(=O)c3[nH]c(C)c(C(C)=O)c3C)ccc21. The van der Waals surface area contributed by atoms with Crippen molar-refractivity contribution < 1.29 is 19.1 Å². The number of esters is 1. The summed E-state index contributed by atoms with van der Waals surface area (Å²) in [5.41, 5.74) is 4.66. The summed E-state index contributed by atoms with van der Waals surface area (Å²) in [6, 6.07) is 13.9. The van der Waals surface area contributed by atoms with Crippen LogP contribution in [0.15, 0.2) is 42.5 Å². The smallest absolute Gasteiger partial charge is 0.355 e. The van der Waals surface area contributed by atoms with E-state index in [2.05, 4.69) is 33.9 Å². The number of aryl methyl sites for hydroxylation is 2. The number of para-hydroxylation sites is 1. The minimum Gasteiger partial charge on any atom is -0.451 e. The van der Waals surface area contributed by atoms with Crippen LogP contribution in [0.5, 0.6) is 0 Å². The molecule has 0 radical (unpaired) electrons. The zero-order valence-electron chi connectivity index (χ0n) is 18.5. The lowest BCUT2D eigenvalue weighted by Crippen LogP contribution is -2.21. The number of anilines is 1. The van der Waals surface area contributed by atoms with Crippen LogP contribution >= 0.6 is 0 Å². The first-order valence-corrected chi connectivity index (χ1v) is 10.5. The Morgan fingerprint density at radius 1 is 1.03 bits per heavy atom. The topological polar surface area (TPSA) is 93.2 Å². The molecule has 2 N–H and O–H groups in total. The van der Waals surface area contributed by atoms with Crippen LogP contribution in [0.1, 0.15) is 46.0 Å². The second kappa shape index (κ2) is 8.34. The zero-order chi connectivity index (χ0) is 23.0. The van der Waals surface area contributed by atoms with E-state index in [9.17, 15) is 14.4 Å². The maximum atomic E-state index is 12.4. The number of carbonyl (C=O) groups excluding carboxylic acids is 3. The molecule has 2 heterocycles. The second-order valence-electron chi connectivity index (χ2n) is 7.80. The van der Waals surface area contributed by atoms with Crippen molar-refractivity contribution in [2.24, 2.45) is 0 Å². The largest absolute Gasteiger partial charge is 0.451 e. The Labute approximate surface area is 185 Å². The summed E-state index contributed by atoms with van der Waals surface area (Å²) in [7, 11) is 0. The molecule has 7 heteroatoms. The molecule has 2 aromatic heterocycles. The molecule has 1 amide bonds. The first-order valence-electron chi connectivity index (χ1n) is 10.5. The van der Waals surface area contributed by atoms with Gasteiger partial charge in [0, 0.05) is 45.3 Å². The fourth-order valence-corrected chi connectivity index (χ4v) is 4.35. The van der Waals surface area contributed by atoms with Gasteiger partial charge in [-0.3, -0.25) is 9.59 Å². The van der Waals surface area contributed by atoms with Crippen molar-refractivity contribution >= 4 is 45.2 Å². The molecule has 0 bridgehead atoms. The molecule has 0 spiro atoms. The van der Waals surface area contributed by atoms with Gasteiger partial charge in [-0.25, -0.2) is 4.79 Å². The van der Waals surface area contributed by atoms with Crippen LogP contribution in [0, 0.1) is 13.8 Å². The highest BCUT2D eigenvalue weighted by Crippen LogP contribution is 2.31. The molecule has 164 valence electrons. The number of Topliss-reactive ketones (excluding diaryl/α,β-unsaturated/α-hetero) is 1. The normalized spacial score (nSPS) is 11.1. The van der Waals surface area contributed by atoms with E-state index in [1.807, 2.05) is 30.3 Å². The van der Waals surface area contributed by atoms with Crippen LogP contribution in [-0.2, 0) is 16.1 Å². The predicted molar refractivity (Wildman–Crippen MR) is 124 cm³/mol. The number of rotatable bonds is 6. The van der Waals surface area contributed by atoms with Crippen molar-refractivity contribution in [2.45, 2.75) is 34.2 Å². The number of fused-ring (bicyclic) bond motifs is 3. The third-order valence-electron chi connectivity index (χ3n) is 5.70. The highest BCUT2D eigenvalue weighted by atomic mass is 16.5. The highest BCUT2D eigenvalue weighted by Gasteiger charge is 2.21. The summed E-state index contributed by atoms with van der Waals surface area (Å²) >= 11 is 0. The van der Waals surface area contributed by atoms with Gasteiger partial charge in [0.2, 0.25) is 0 Å². The van der Waals surface area contributed by atoms with Crippen molar-refractivity contribution in [1.82, 2.24) is 9.55 Å². The number of nitrogens with one attached hydrogen (secondary N) is 2. The lowest BCUT2D eigenvalue weighted by molar-refractivity contribution is -0.119. The molecule has 0 aliphatic carbocycles. The van der Waals surface area contributed by atoms with E-state index in [1.165, 1.54) is 6.92 Å². The fourth-order valence-electron chi connectivity index (χ4n) is 4.35. The summed E-state index contributed by atoms with van der Waals surface area (Å²) in [4.78, 5) is 39.5. The van der Waals surface area contributed by atoms with Crippen LogP contribution in [0.4, 0.5) is 5.69 Å². The molecule has 7 nitrogen and oxygen atoms in total. The second-order valence-corrected chi connectivity index (χ2v) is 7.80. The van der Waals surface area contributed by atoms with Crippen LogP contribution in [0.25, 0.3) is 21.8 Å². The van der Waals surface area contributed by atoms with E-state index in [-0.39, 0.29) is 11.5 Å². The number of hydrogen-bond donors (Lipinski definition) is 2. The lowest BCUT2D eigenvalue weighted by atomic mass is 10.1. The maximum Gasteiger partial charge on any atom is 0.355 e. The quantitative estimate of drug-likeness (QED) is 0.340. The van der Waals surface area contributed by atoms with E-state index >= 15 is 0 Å². The van der Waals surface area contributed by atoms with Gasteiger partial charge in [-0.15, -0.1) is 0 Å². The number of aromatic amines is 1. The summed E-state index contributed by atoms with van der Waals surface area (Å²) < 4.78 is 7.40. The molecule has 4 aromatic rings. The molecular formula is C25H25N3O4. The summed E-state index contributed by atoms with van der Waals surface area (Å²) in [6.45, 7) is 7.36. The molecule has 0 aliphatic heterocycles. The van der Waals surface area contributed by atoms with E-state index in [1.54, 1.807) is 13.8 Å². The van der Waals surface area contributed by atoms with Gasteiger partial charge >= 0.3 is 5.97 Å². The molecule has 0 saturated heterocycles. The fraction of sp³-hybridized carbons (Fsp3) is 0.240. The van der Waals surface area contributed by atoms with Gasteiger partial charge in [-0.1, -0.05) is 18.2 Å². The third-order valence-corrected chi connectivity index (χ3v) is 5.70. The molecule has 4 rings (SSSR count). The van der Waals surface area contributed by atoms with Gasteiger partial charge < -0.3 is 19.6 Å². The molecule has 0 fully saturated rings. The summed E-state index contributed by atoms with van der Waals surface area (Å²) in [5.74, 6) is -1.24. The van der Waals surface area contributed by atoms with E-state index in [0.717, 1.165) is 28.4 Å². The average Bonchev–Trinajstić information content (AvgIpc) is 3.25. The molecule has 0 atom stereocenters. The number of amides is 1. The molecule has 2 aromatic carbocycles. The van der Waals surface area contributed by atoms with Crippen molar-refractivity contribution in [3.8, 4) is 0 Å². The van der Waals surface area contributed by atoms with Gasteiger partial charge in [-0.05, 0) is 57.5 Å². The Kier molecular flexibility index (Phi) is 5.57. The zero-order valence-corrected chi connectivity index (χ0v) is 18.5. The maximum absolute atomic E-state index is 12.4. The van der Waals surface area contributed by atoms with Gasteiger partial charge in [0.05, 0.1) is 0 Å². The van der Waals surface area contributed by atoms with Gasteiger partial charge in [-0.2, -0.15) is 0 Å². The minimum atomic E-state index is -0.672. The van der Waals surface area contributed by atoms with Gasteiger partial charge in [0.25, 0.3) is 5.91 Å². The molecular weight excluding hydrogens is 406 g/mol. The molecule has 0 aliphatic rings. The van der Waals surface area contributed by atoms with Crippen molar-refractivity contribution in [3.63, 3.8) is 0 Å². The van der Waals surface area contributed by atoms with Crippen molar-refractivity contribution in [3.05, 3.63) is 65.0 Å². The monoisotopic (exact) mass is 431 g/mol. The Hall–Kier alpha value is -3.87. The highest BCUT2D eigenvalue weighted by molar-refractivity contribution is 6.10. The number of hydrogen-bond acceptors (Lipinski definition) is 4. The summed E-state index contributed by atoms with van der Waals surface area (Å²) in [6.07, 6.45) is 0. The molecule has 0 unspecified atom stereocenters. The van der Waals surface area contributed by atoms with Gasteiger partial charge in [0.15, 0.2) is 12.4 Å².